The summed E-state index contributed by atoms with van der Waals surface area (Å²) in [5, 5.41) is 16.3. The summed E-state index contributed by atoms with van der Waals surface area (Å²) >= 11 is 0. The second-order valence-electron chi connectivity index (χ2n) is 11.3. The zero-order valence-electron chi connectivity index (χ0n) is 22.0. The summed E-state index contributed by atoms with van der Waals surface area (Å²) in [6, 6.07) is 7.79. The van der Waals surface area contributed by atoms with E-state index in [0.29, 0.717) is 31.5 Å². The van der Waals surface area contributed by atoms with Gasteiger partial charge in [-0.2, -0.15) is 0 Å². The molecule has 3 N–H and O–H groups in total. The van der Waals surface area contributed by atoms with Crippen molar-refractivity contribution in [2.24, 2.45) is 17.8 Å². The van der Waals surface area contributed by atoms with Crippen LogP contribution in [-0.4, -0.2) is 64.2 Å². The fraction of sp³-hybridized carbons (Fsp3) is 0.679. The Labute approximate surface area is 214 Å². The molecule has 3 fully saturated rings. The van der Waals surface area contributed by atoms with E-state index in [4.69, 9.17) is 4.74 Å². The van der Waals surface area contributed by atoms with Crippen LogP contribution < -0.4 is 10.6 Å². The second-order valence-corrected chi connectivity index (χ2v) is 11.3. The lowest BCUT2D eigenvalue weighted by Gasteiger charge is -2.37. The largest absolute Gasteiger partial charge is 0.394 e. The van der Waals surface area contributed by atoms with E-state index in [2.05, 4.69) is 17.6 Å². The number of aliphatic hydroxyl groups excluding tert-OH is 1. The molecule has 0 aromatic heterocycles. The lowest BCUT2D eigenvalue weighted by atomic mass is 9.66. The van der Waals surface area contributed by atoms with Gasteiger partial charge in [-0.15, -0.1) is 0 Å². The number of amides is 3. The smallest absolute Gasteiger partial charge is 0.245 e. The third kappa shape index (κ3) is 4.54. The Morgan fingerprint density at radius 3 is 2.53 bits per heavy atom. The first kappa shape index (κ1) is 26.6. The van der Waals surface area contributed by atoms with Crippen LogP contribution in [0.4, 0.5) is 5.69 Å². The Morgan fingerprint density at radius 2 is 1.89 bits per heavy atom. The zero-order chi connectivity index (χ0) is 26.1. The molecule has 1 aromatic carbocycles. The van der Waals surface area contributed by atoms with E-state index >= 15 is 0 Å². The molecule has 6 atom stereocenters. The second kappa shape index (κ2) is 10.5. The number of ether oxygens (including phenoxy) is 1. The van der Waals surface area contributed by atoms with Crippen LogP contribution in [0.3, 0.4) is 0 Å². The lowest BCUT2D eigenvalue weighted by molar-refractivity contribution is -0.149. The molecule has 198 valence electrons. The zero-order valence-corrected chi connectivity index (χ0v) is 22.0. The molecule has 3 saturated heterocycles. The van der Waals surface area contributed by atoms with Crippen LogP contribution in [0.15, 0.2) is 30.3 Å². The van der Waals surface area contributed by atoms with Crippen LogP contribution in [0.1, 0.15) is 66.2 Å². The number of carbonyl (C=O) groups is 3. The van der Waals surface area contributed by atoms with Gasteiger partial charge in [-0.1, -0.05) is 51.8 Å². The van der Waals surface area contributed by atoms with Crippen LogP contribution >= 0.6 is 0 Å². The summed E-state index contributed by atoms with van der Waals surface area (Å²) in [6.45, 7) is 8.33. The number of hydrogen-bond donors (Lipinski definition) is 3. The molecule has 0 radical (unpaired) electrons. The maximum absolute atomic E-state index is 14.1. The molecular formula is C28H41N3O5. The van der Waals surface area contributed by atoms with Crippen LogP contribution in [0.5, 0.6) is 0 Å². The molecule has 0 aliphatic carbocycles. The van der Waals surface area contributed by atoms with E-state index in [1.807, 2.05) is 51.1 Å². The van der Waals surface area contributed by atoms with Crippen molar-refractivity contribution in [3.05, 3.63) is 30.3 Å². The highest BCUT2D eigenvalue weighted by Crippen LogP contribution is 2.63. The summed E-state index contributed by atoms with van der Waals surface area (Å²) in [7, 11) is 0. The number of likely N-dealkylation sites (tertiary alicyclic amines) is 1. The molecule has 2 bridgehead atoms. The summed E-state index contributed by atoms with van der Waals surface area (Å²) in [5.41, 5.74) is -1.26. The Hall–Kier alpha value is -2.45. The number of fused-ring (bicyclic) bond motifs is 1. The van der Waals surface area contributed by atoms with E-state index in [1.165, 1.54) is 0 Å². The molecule has 0 saturated carbocycles. The van der Waals surface area contributed by atoms with Crippen molar-refractivity contribution in [3.8, 4) is 0 Å². The van der Waals surface area contributed by atoms with E-state index < -0.39 is 35.1 Å². The number of benzene rings is 1. The molecule has 1 aromatic rings. The predicted molar refractivity (Wildman–Crippen MR) is 137 cm³/mol. The predicted octanol–water partition coefficient (Wildman–Crippen LogP) is 3.10. The number of carbonyl (C=O) groups excluding carboxylic acids is 3. The number of hydrogen-bond acceptors (Lipinski definition) is 5. The van der Waals surface area contributed by atoms with Crippen molar-refractivity contribution >= 4 is 23.4 Å². The van der Waals surface area contributed by atoms with E-state index in [-0.39, 0.29) is 30.2 Å². The third-order valence-corrected chi connectivity index (χ3v) is 8.21. The minimum Gasteiger partial charge on any atom is -0.394 e. The van der Waals surface area contributed by atoms with Gasteiger partial charge in [0, 0.05) is 12.2 Å². The van der Waals surface area contributed by atoms with Crippen LogP contribution in [0, 0.1) is 17.8 Å². The van der Waals surface area contributed by atoms with E-state index in [0.717, 1.165) is 19.3 Å². The molecule has 3 aliphatic rings. The molecule has 2 unspecified atom stereocenters. The first-order chi connectivity index (χ1) is 17.2. The highest BCUT2D eigenvalue weighted by molar-refractivity contribution is 6.02. The van der Waals surface area contributed by atoms with Gasteiger partial charge < -0.3 is 25.4 Å². The average molecular weight is 500 g/mol. The fourth-order valence-corrected chi connectivity index (χ4v) is 6.70. The Kier molecular flexibility index (Phi) is 7.76. The molecule has 36 heavy (non-hydrogen) atoms. The van der Waals surface area contributed by atoms with Crippen molar-refractivity contribution < 1.29 is 24.2 Å². The first-order valence-corrected chi connectivity index (χ1v) is 13.5. The third-order valence-electron chi connectivity index (χ3n) is 8.21. The number of anilines is 1. The monoisotopic (exact) mass is 499 g/mol. The molecular weight excluding hydrogens is 458 g/mol. The average Bonchev–Trinajstić information content (AvgIpc) is 3.41. The fourth-order valence-electron chi connectivity index (χ4n) is 6.70. The molecule has 3 aliphatic heterocycles. The van der Waals surface area contributed by atoms with Crippen LogP contribution in [-0.2, 0) is 19.1 Å². The van der Waals surface area contributed by atoms with Gasteiger partial charge in [-0.3, -0.25) is 14.4 Å². The first-order valence-electron chi connectivity index (χ1n) is 13.5. The van der Waals surface area contributed by atoms with Gasteiger partial charge in [0.05, 0.1) is 30.1 Å². The minimum atomic E-state index is -1.08. The Bertz CT molecular complexity index is 969. The normalized spacial score (nSPS) is 31.6. The van der Waals surface area contributed by atoms with Crippen molar-refractivity contribution in [3.63, 3.8) is 0 Å². The number of unbranched alkanes of at least 4 members (excludes halogenated alkanes) is 2. The molecule has 8 heteroatoms. The number of aliphatic hydroxyl groups is 1. The Morgan fingerprint density at radius 1 is 1.17 bits per heavy atom. The summed E-state index contributed by atoms with van der Waals surface area (Å²) < 4.78 is 6.64. The number of nitrogens with one attached hydrogen (secondary N) is 2. The molecule has 3 amide bonds. The highest BCUT2D eigenvalue weighted by atomic mass is 16.5. The summed E-state index contributed by atoms with van der Waals surface area (Å²) in [6.07, 6.45) is 4.57. The topological polar surface area (TPSA) is 108 Å². The van der Waals surface area contributed by atoms with Crippen molar-refractivity contribution in [1.82, 2.24) is 10.2 Å². The number of para-hydroxylation sites is 1. The summed E-state index contributed by atoms with van der Waals surface area (Å²) in [4.78, 5) is 43.0. The van der Waals surface area contributed by atoms with Gasteiger partial charge in [0.1, 0.15) is 11.6 Å². The minimum absolute atomic E-state index is 0.216. The van der Waals surface area contributed by atoms with Crippen LogP contribution in [0.2, 0.25) is 0 Å². The number of nitrogens with zero attached hydrogens (tertiary/aromatic N) is 1. The molecule has 8 nitrogen and oxygen atoms in total. The van der Waals surface area contributed by atoms with Gasteiger partial charge in [-0.05, 0) is 50.7 Å². The van der Waals surface area contributed by atoms with Gasteiger partial charge >= 0.3 is 0 Å². The standard InChI is InChI=1S/C28H41N3O5/c1-5-6-10-15-29-25(34)23-28-14-13-27(4,36-28)21(24(33)30-19-11-8-7-9-12-19)22(28)26(35)31(23)20(17-32)16-18(2)3/h7-9,11-12,18,20-23,32H,5-6,10,13-17H2,1-4H3,(H,29,34)(H,30,33)/t20-,21+,22+,23?,27-,28?/m1/s1. The van der Waals surface area contributed by atoms with Crippen molar-refractivity contribution in [2.75, 3.05) is 18.5 Å². The van der Waals surface area contributed by atoms with Crippen molar-refractivity contribution in [2.45, 2.75) is 89.5 Å². The highest BCUT2D eigenvalue weighted by Gasteiger charge is 2.78. The van der Waals surface area contributed by atoms with Crippen LogP contribution in [0.25, 0.3) is 0 Å². The van der Waals surface area contributed by atoms with E-state index in [9.17, 15) is 19.5 Å². The van der Waals surface area contributed by atoms with Gasteiger partial charge in [-0.25, -0.2) is 0 Å². The lowest BCUT2D eigenvalue weighted by Crippen LogP contribution is -2.58. The number of rotatable bonds is 11. The van der Waals surface area contributed by atoms with Gasteiger partial charge in [0.15, 0.2) is 0 Å². The molecule has 3 heterocycles. The Balaban J connectivity index is 1.69. The SMILES string of the molecule is CCCCCNC(=O)C1N([C@@H](CO)CC(C)C)C(=O)[C@@H]2[C@@H](C(=O)Nc3ccccc3)[C@@]3(C)CCC12O3. The quantitative estimate of drug-likeness (QED) is 0.406. The van der Waals surface area contributed by atoms with Crippen molar-refractivity contribution in [1.29, 1.82) is 0 Å². The summed E-state index contributed by atoms with van der Waals surface area (Å²) in [5.74, 6) is -2.06. The maximum Gasteiger partial charge on any atom is 0.245 e. The van der Waals surface area contributed by atoms with Gasteiger partial charge in [0.25, 0.3) is 0 Å². The molecule has 4 rings (SSSR count). The van der Waals surface area contributed by atoms with E-state index in [1.54, 1.807) is 4.90 Å². The molecule has 1 spiro atoms. The maximum atomic E-state index is 14.1. The van der Waals surface area contributed by atoms with Gasteiger partial charge in [0.2, 0.25) is 17.7 Å².